The van der Waals surface area contributed by atoms with Crippen LogP contribution in [0.3, 0.4) is 0 Å². The summed E-state index contributed by atoms with van der Waals surface area (Å²) in [4.78, 5) is 13.7. The highest BCUT2D eigenvalue weighted by Gasteiger charge is 2.40. The zero-order chi connectivity index (χ0) is 10.3. The van der Waals surface area contributed by atoms with Crippen LogP contribution in [0.15, 0.2) is 0 Å². The van der Waals surface area contributed by atoms with Crippen LogP contribution < -0.4 is 5.32 Å². The van der Waals surface area contributed by atoms with Crippen LogP contribution in [0.4, 0.5) is 0 Å². The molecule has 14 heavy (non-hydrogen) atoms. The topological polar surface area (TPSA) is 41.6 Å². The Morgan fingerprint density at radius 1 is 1.43 bits per heavy atom. The Morgan fingerprint density at radius 3 is 2.57 bits per heavy atom. The molecule has 0 bridgehead atoms. The van der Waals surface area contributed by atoms with Gasteiger partial charge in [0.1, 0.15) is 0 Å². The second-order valence-corrected chi connectivity index (χ2v) is 4.36. The minimum atomic E-state index is -0.0295. The SMILES string of the molecule is CC1NCN(C2COC(C)C2C)C1=O. The molecule has 1 amide bonds. The summed E-state index contributed by atoms with van der Waals surface area (Å²) in [5, 5.41) is 3.15. The lowest BCUT2D eigenvalue weighted by atomic mass is 9.99. The van der Waals surface area contributed by atoms with Crippen molar-refractivity contribution in [1.29, 1.82) is 0 Å². The predicted octanol–water partition coefficient (Wildman–Crippen LogP) is 0.188. The number of hydrogen-bond acceptors (Lipinski definition) is 3. The summed E-state index contributed by atoms with van der Waals surface area (Å²) in [5.74, 6) is 0.644. The lowest BCUT2D eigenvalue weighted by Gasteiger charge is -2.26. The van der Waals surface area contributed by atoms with Gasteiger partial charge < -0.3 is 9.64 Å². The van der Waals surface area contributed by atoms with Crippen molar-refractivity contribution in [3.63, 3.8) is 0 Å². The van der Waals surface area contributed by atoms with Gasteiger partial charge in [-0.05, 0) is 13.8 Å². The molecule has 0 aromatic rings. The lowest BCUT2D eigenvalue weighted by Crippen LogP contribution is -2.42. The van der Waals surface area contributed by atoms with Gasteiger partial charge in [0.2, 0.25) is 5.91 Å². The molecule has 2 rings (SSSR count). The summed E-state index contributed by atoms with van der Waals surface area (Å²) in [6, 6.07) is 0.230. The fourth-order valence-electron chi connectivity index (χ4n) is 2.17. The number of hydrogen-bond donors (Lipinski definition) is 1. The summed E-state index contributed by atoms with van der Waals surface area (Å²) >= 11 is 0. The number of carbonyl (C=O) groups excluding carboxylic acids is 1. The van der Waals surface area contributed by atoms with Crippen LogP contribution in [0.25, 0.3) is 0 Å². The van der Waals surface area contributed by atoms with E-state index in [0.29, 0.717) is 19.2 Å². The number of amides is 1. The second kappa shape index (κ2) is 3.51. The Labute approximate surface area is 84.6 Å². The zero-order valence-electron chi connectivity index (χ0n) is 8.99. The standard InChI is InChI=1S/C10H18N2O2/c1-6-8(3)14-4-9(6)12-5-11-7(2)10(12)13/h6-9,11H,4-5H2,1-3H3. The number of rotatable bonds is 1. The Kier molecular flexibility index (Phi) is 2.49. The molecule has 4 unspecified atom stereocenters. The van der Waals surface area contributed by atoms with E-state index in [2.05, 4.69) is 19.2 Å². The Morgan fingerprint density at radius 2 is 2.14 bits per heavy atom. The van der Waals surface area contributed by atoms with Gasteiger partial charge in [-0.2, -0.15) is 0 Å². The van der Waals surface area contributed by atoms with E-state index < -0.39 is 0 Å². The normalized spacial score (nSPS) is 43.6. The van der Waals surface area contributed by atoms with Crippen molar-refractivity contribution in [1.82, 2.24) is 10.2 Å². The van der Waals surface area contributed by atoms with E-state index in [0.717, 1.165) is 0 Å². The Balaban J connectivity index is 2.06. The van der Waals surface area contributed by atoms with Gasteiger partial charge in [0.15, 0.2) is 0 Å². The van der Waals surface area contributed by atoms with E-state index in [1.54, 1.807) is 0 Å². The maximum Gasteiger partial charge on any atom is 0.240 e. The molecule has 0 aliphatic carbocycles. The summed E-state index contributed by atoms with van der Waals surface area (Å²) in [5.41, 5.74) is 0. The highest BCUT2D eigenvalue weighted by molar-refractivity contribution is 5.83. The summed E-state index contributed by atoms with van der Waals surface area (Å²) in [7, 11) is 0. The fraction of sp³-hybridized carbons (Fsp3) is 0.900. The molecule has 4 heteroatoms. The van der Waals surface area contributed by atoms with Crippen molar-refractivity contribution in [2.75, 3.05) is 13.3 Å². The van der Waals surface area contributed by atoms with E-state index in [9.17, 15) is 4.79 Å². The Bertz CT molecular complexity index is 244. The molecule has 0 spiro atoms. The number of nitrogens with one attached hydrogen (secondary N) is 1. The van der Waals surface area contributed by atoms with Crippen LogP contribution in [0.2, 0.25) is 0 Å². The van der Waals surface area contributed by atoms with Gasteiger partial charge >= 0.3 is 0 Å². The molecule has 2 saturated heterocycles. The van der Waals surface area contributed by atoms with Gasteiger partial charge in [-0.3, -0.25) is 10.1 Å². The molecule has 80 valence electrons. The van der Waals surface area contributed by atoms with Crippen LogP contribution in [0.5, 0.6) is 0 Å². The van der Waals surface area contributed by atoms with Crippen molar-refractivity contribution >= 4 is 5.91 Å². The molecule has 0 saturated carbocycles. The maximum atomic E-state index is 11.8. The lowest BCUT2D eigenvalue weighted by molar-refractivity contribution is -0.131. The van der Waals surface area contributed by atoms with Gasteiger partial charge in [-0.1, -0.05) is 6.92 Å². The molecule has 2 fully saturated rings. The van der Waals surface area contributed by atoms with E-state index in [4.69, 9.17) is 4.74 Å². The molecular formula is C10H18N2O2. The highest BCUT2D eigenvalue weighted by atomic mass is 16.5. The monoisotopic (exact) mass is 198 g/mol. The van der Waals surface area contributed by atoms with Crippen molar-refractivity contribution < 1.29 is 9.53 Å². The molecule has 2 heterocycles. The van der Waals surface area contributed by atoms with Crippen molar-refractivity contribution in [3.05, 3.63) is 0 Å². The largest absolute Gasteiger partial charge is 0.376 e. The molecule has 2 aliphatic rings. The average Bonchev–Trinajstić information content (AvgIpc) is 2.63. The summed E-state index contributed by atoms with van der Waals surface area (Å²) < 4.78 is 5.55. The van der Waals surface area contributed by atoms with Crippen LogP contribution in [0, 0.1) is 5.92 Å². The molecule has 0 aromatic heterocycles. The maximum absolute atomic E-state index is 11.8. The minimum absolute atomic E-state index is 0.0295. The molecule has 1 N–H and O–H groups in total. The molecule has 4 nitrogen and oxygen atoms in total. The predicted molar refractivity (Wildman–Crippen MR) is 52.7 cm³/mol. The van der Waals surface area contributed by atoms with E-state index in [1.165, 1.54) is 0 Å². The second-order valence-electron chi connectivity index (χ2n) is 4.36. The number of nitrogens with zero attached hydrogens (tertiary/aromatic N) is 1. The highest BCUT2D eigenvalue weighted by Crippen LogP contribution is 2.26. The average molecular weight is 198 g/mol. The molecular weight excluding hydrogens is 180 g/mol. The quantitative estimate of drug-likeness (QED) is 0.654. The van der Waals surface area contributed by atoms with Gasteiger partial charge in [-0.15, -0.1) is 0 Å². The van der Waals surface area contributed by atoms with Gasteiger partial charge in [0.05, 0.1) is 31.5 Å². The van der Waals surface area contributed by atoms with E-state index in [1.807, 2.05) is 11.8 Å². The zero-order valence-corrected chi connectivity index (χ0v) is 8.99. The third-order valence-corrected chi connectivity index (χ3v) is 3.50. The molecule has 2 aliphatic heterocycles. The molecule has 0 aromatic carbocycles. The van der Waals surface area contributed by atoms with Gasteiger partial charge in [0, 0.05) is 5.92 Å². The first-order valence-corrected chi connectivity index (χ1v) is 5.26. The third kappa shape index (κ3) is 1.42. The van der Waals surface area contributed by atoms with E-state index in [-0.39, 0.29) is 24.1 Å². The number of carbonyl (C=O) groups is 1. The minimum Gasteiger partial charge on any atom is -0.376 e. The van der Waals surface area contributed by atoms with Gasteiger partial charge in [-0.25, -0.2) is 0 Å². The number of ether oxygens (including phenoxy) is 1. The molecule has 4 atom stereocenters. The first-order valence-electron chi connectivity index (χ1n) is 5.26. The van der Waals surface area contributed by atoms with Crippen molar-refractivity contribution in [2.24, 2.45) is 5.92 Å². The van der Waals surface area contributed by atoms with Crippen molar-refractivity contribution in [3.8, 4) is 0 Å². The van der Waals surface area contributed by atoms with Crippen LogP contribution in [0.1, 0.15) is 20.8 Å². The molecule has 0 radical (unpaired) electrons. The smallest absolute Gasteiger partial charge is 0.240 e. The first-order chi connectivity index (χ1) is 6.61. The van der Waals surface area contributed by atoms with Crippen LogP contribution >= 0.6 is 0 Å². The van der Waals surface area contributed by atoms with Crippen LogP contribution in [-0.2, 0) is 9.53 Å². The summed E-state index contributed by atoms with van der Waals surface area (Å²) in [6.07, 6.45) is 0.267. The van der Waals surface area contributed by atoms with Gasteiger partial charge in [0.25, 0.3) is 0 Å². The van der Waals surface area contributed by atoms with Crippen molar-refractivity contribution in [2.45, 2.75) is 39.0 Å². The summed E-state index contributed by atoms with van der Waals surface area (Å²) in [6.45, 7) is 7.49. The third-order valence-electron chi connectivity index (χ3n) is 3.50. The Hall–Kier alpha value is -0.610. The van der Waals surface area contributed by atoms with E-state index >= 15 is 0 Å². The first kappa shape index (κ1) is 9.93. The fourth-order valence-corrected chi connectivity index (χ4v) is 2.17. The van der Waals surface area contributed by atoms with Crippen LogP contribution in [-0.4, -0.2) is 42.3 Å².